The number of carbonyl (C=O) groups is 2. The zero-order valence-electron chi connectivity index (χ0n) is 16.3. The largest absolute Gasteiger partial charge is 0.463 e. The van der Waals surface area contributed by atoms with Gasteiger partial charge in [-0.3, -0.25) is 4.90 Å². The molecule has 2 N–H and O–H groups in total. The first kappa shape index (κ1) is 20.8. The summed E-state index contributed by atoms with van der Waals surface area (Å²) >= 11 is 3.47. The van der Waals surface area contributed by atoms with Crippen molar-refractivity contribution >= 4 is 27.9 Å². The summed E-state index contributed by atoms with van der Waals surface area (Å²) in [6, 6.07) is 6.76. The number of esters is 1. The number of likely N-dealkylation sites (N-methyl/N-ethyl adjacent to an activating group) is 1. The average molecular weight is 451 g/mol. The number of amides is 2. The first-order valence-corrected chi connectivity index (χ1v) is 10.4. The normalized spacial score (nSPS) is 21.7. The molecule has 1 atom stereocenters. The third kappa shape index (κ3) is 5.12. The van der Waals surface area contributed by atoms with E-state index in [-0.39, 0.29) is 12.6 Å². The molecule has 152 valence electrons. The first-order valence-electron chi connectivity index (χ1n) is 9.62. The highest BCUT2D eigenvalue weighted by Crippen LogP contribution is 2.29. The van der Waals surface area contributed by atoms with Crippen LogP contribution in [0.2, 0.25) is 0 Å². The first-order chi connectivity index (χ1) is 13.5. The standard InChI is InChI=1S/C20H27BrN4O3/c1-3-28-19(26)17-16(13-25-9-5-8-24(2)10-11-25)22-20(27)23-18(17)14-6-4-7-15(21)12-14/h4,6-7,12,18H,3,5,8-11,13H2,1-2H3,(H2,22,23,27)/t18-/m0/s1. The number of hydrogen-bond donors (Lipinski definition) is 2. The molecule has 2 amide bonds. The predicted octanol–water partition coefficient (Wildman–Crippen LogP) is 2.26. The summed E-state index contributed by atoms with van der Waals surface area (Å²) in [5.74, 6) is -0.401. The number of ether oxygens (including phenoxy) is 1. The fraction of sp³-hybridized carbons (Fsp3) is 0.500. The van der Waals surface area contributed by atoms with Crippen LogP contribution >= 0.6 is 15.9 Å². The number of carbonyl (C=O) groups excluding carboxylic acids is 2. The van der Waals surface area contributed by atoms with E-state index in [4.69, 9.17) is 4.74 Å². The lowest BCUT2D eigenvalue weighted by Gasteiger charge is -2.32. The molecular weight excluding hydrogens is 424 g/mol. The Labute approximate surface area is 174 Å². The Hall–Kier alpha value is -1.90. The molecule has 0 aliphatic carbocycles. The zero-order chi connectivity index (χ0) is 20.1. The van der Waals surface area contributed by atoms with Gasteiger partial charge >= 0.3 is 12.0 Å². The molecule has 1 aromatic rings. The second-order valence-electron chi connectivity index (χ2n) is 7.13. The molecule has 0 saturated carbocycles. The highest BCUT2D eigenvalue weighted by Gasteiger charge is 2.34. The maximum atomic E-state index is 12.8. The summed E-state index contributed by atoms with van der Waals surface area (Å²) in [7, 11) is 2.11. The molecule has 7 nitrogen and oxygen atoms in total. The van der Waals surface area contributed by atoms with Gasteiger partial charge in [0, 0.05) is 29.8 Å². The van der Waals surface area contributed by atoms with Crippen molar-refractivity contribution in [3.63, 3.8) is 0 Å². The van der Waals surface area contributed by atoms with Crippen LogP contribution in [-0.4, -0.2) is 68.2 Å². The maximum Gasteiger partial charge on any atom is 0.338 e. The molecule has 0 spiro atoms. The van der Waals surface area contributed by atoms with Crippen LogP contribution in [-0.2, 0) is 9.53 Å². The van der Waals surface area contributed by atoms with Gasteiger partial charge in [-0.25, -0.2) is 9.59 Å². The third-order valence-electron chi connectivity index (χ3n) is 5.02. The van der Waals surface area contributed by atoms with Gasteiger partial charge in [0.05, 0.1) is 18.2 Å². The molecule has 3 rings (SSSR count). The summed E-state index contributed by atoms with van der Waals surface area (Å²) in [5.41, 5.74) is 1.93. The van der Waals surface area contributed by atoms with E-state index >= 15 is 0 Å². The molecule has 8 heteroatoms. The third-order valence-corrected chi connectivity index (χ3v) is 5.52. The fourth-order valence-corrected chi connectivity index (χ4v) is 4.03. The van der Waals surface area contributed by atoms with Crippen LogP contribution in [0.15, 0.2) is 40.0 Å². The smallest absolute Gasteiger partial charge is 0.338 e. The number of rotatable bonds is 5. The van der Waals surface area contributed by atoms with Gasteiger partial charge in [-0.1, -0.05) is 28.1 Å². The number of nitrogens with one attached hydrogen (secondary N) is 2. The van der Waals surface area contributed by atoms with Crippen LogP contribution in [0.4, 0.5) is 4.79 Å². The van der Waals surface area contributed by atoms with Gasteiger partial charge in [0.1, 0.15) is 0 Å². The number of nitrogens with zero attached hydrogens (tertiary/aromatic N) is 2. The lowest BCUT2D eigenvalue weighted by molar-refractivity contribution is -0.139. The van der Waals surface area contributed by atoms with Crippen molar-refractivity contribution in [1.82, 2.24) is 20.4 Å². The summed E-state index contributed by atoms with van der Waals surface area (Å²) in [4.78, 5) is 29.8. The van der Waals surface area contributed by atoms with Crippen LogP contribution in [0, 0.1) is 0 Å². The van der Waals surface area contributed by atoms with Gasteiger partial charge in [0.15, 0.2) is 0 Å². The molecule has 1 saturated heterocycles. The summed E-state index contributed by atoms with van der Waals surface area (Å²) in [6.07, 6.45) is 1.06. The summed E-state index contributed by atoms with van der Waals surface area (Å²) in [5, 5.41) is 5.74. The van der Waals surface area contributed by atoms with Crippen molar-refractivity contribution in [2.24, 2.45) is 0 Å². The Balaban J connectivity index is 1.95. The Bertz CT molecular complexity index is 768. The second-order valence-corrected chi connectivity index (χ2v) is 8.05. The molecule has 2 heterocycles. The molecule has 0 aromatic heterocycles. The Morgan fingerprint density at radius 2 is 2.11 bits per heavy atom. The minimum atomic E-state index is -0.546. The SMILES string of the molecule is CCOC(=O)C1=C(CN2CCCN(C)CC2)NC(=O)N[C@H]1c1cccc(Br)c1. The van der Waals surface area contributed by atoms with Gasteiger partial charge in [0.25, 0.3) is 0 Å². The number of halogens is 1. The van der Waals surface area contributed by atoms with Crippen LogP contribution < -0.4 is 10.6 Å². The van der Waals surface area contributed by atoms with E-state index in [1.807, 2.05) is 24.3 Å². The maximum absolute atomic E-state index is 12.8. The molecule has 0 bridgehead atoms. The van der Waals surface area contributed by atoms with E-state index in [0.29, 0.717) is 17.8 Å². The minimum Gasteiger partial charge on any atom is -0.463 e. The highest BCUT2D eigenvalue weighted by atomic mass is 79.9. The van der Waals surface area contributed by atoms with Crippen molar-refractivity contribution in [2.45, 2.75) is 19.4 Å². The predicted molar refractivity (Wildman–Crippen MR) is 111 cm³/mol. The number of urea groups is 1. The minimum absolute atomic E-state index is 0.281. The van der Waals surface area contributed by atoms with Crippen LogP contribution in [0.3, 0.4) is 0 Å². The van der Waals surface area contributed by atoms with E-state index in [2.05, 4.69) is 43.4 Å². The second kappa shape index (κ2) is 9.54. The van der Waals surface area contributed by atoms with Crippen molar-refractivity contribution < 1.29 is 14.3 Å². The Morgan fingerprint density at radius 1 is 1.29 bits per heavy atom. The topological polar surface area (TPSA) is 73.9 Å². The molecule has 28 heavy (non-hydrogen) atoms. The van der Waals surface area contributed by atoms with Gasteiger partial charge in [-0.2, -0.15) is 0 Å². The Morgan fingerprint density at radius 3 is 2.86 bits per heavy atom. The quantitative estimate of drug-likeness (QED) is 0.672. The van der Waals surface area contributed by atoms with E-state index < -0.39 is 12.0 Å². The van der Waals surface area contributed by atoms with Crippen molar-refractivity contribution in [1.29, 1.82) is 0 Å². The van der Waals surface area contributed by atoms with E-state index in [0.717, 1.165) is 42.6 Å². The molecule has 1 fully saturated rings. The lowest BCUT2D eigenvalue weighted by atomic mass is 9.95. The van der Waals surface area contributed by atoms with E-state index in [1.165, 1.54) is 0 Å². The van der Waals surface area contributed by atoms with Crippen molar-refractivity contribution in [2.75, 3.05) is 46.4 Å². The van der Waals surface area contributed by atoms with Crippen LogP contribution in [0.5, 0.6) is 0 Å². The van der Waals surface area contributed by atoms with E-state index in [9.17, 15) is 9.59 Å². The van der Waals surface area contributed by atoms with E-state index in [1.54, 1.807) is 6.92 Å². The lowest BCUT2D eigenvalue weighted by Crippen LogP contribution is -2.48. The Kier molecular flexibility index (Phi) is 7.09. The summed E-state index contributed by atoms with van der Waals surface area (Å²) in [6.45, 7) is 6.41. The van der Waals surface area contributed by atoms with Gasteiger partial charge in [-0.15, -0.1) is 0 Å². The molecule has 1 aromatic carbocycles. The highest BCUT2D eigenvalue weighted by molar-refractivity contribution is 9.10. The van der Waals surface area contributed by atoms with Gasteiger partial charge in [-0.05, 0) is 51.2 Å². The van der Waals surface area contributed by atoms with Gasteiger partial charge in [0.2, 0.25) is 0 Å². The number of hydrogen-bond acceptors (Lipinski definition) is 5. The molecule has 0 unspecified atom stereocenters. The average Bonchev–Trinajstić information content (AvgIpc) is 2.85. The molecule has 2 aliphatic heterocycles. The number of benzene rings is 1. The van der Waals surface area contributed by atoms with Crippen molar-refractivity contribution in [3.05, 3.63) is 45.6 Å². The molecular formula is C20H27BrN4O3. The fourth-order valence-electron chi connectivity index (χ4n) is 3.61. The van der Waals surface area contributed by atoms with Crippen molar-refractivity contribution in [3.8, 4) is 0 Å². The van der Waals surface area contributed by atoms with Crippen LogP contribution in [0.1, 0.15) is 24.9 Å². The molecule has 0 radical (unpaired) electrons. The van der Waals surface area contributed by atoms with Gasteiger partial charge < -0.3 is 20.3 Å². The van der Waals surface area contributed by atoms with Crippen LogP contribution in [0.25, 0.3) is 0 Å². The summed E-state index contributed by atoms with van der Waals surface area (Å²) < 4.78 is 6.22. The molecule has 2 aliphatic rings. The zero-order valence-corrected chi connectivity index (χ0v) is 17.9. The monoisotopic (exact) mass is 450 g/mol.